The first-order valence-electron chi connectivity index (χ1n) is 15.8. The van der Waals surface area contributed by atoms with Crippen molar-refractivity contribution in [1.82, 2.24) is 20.1 Å². The number of halogens is 1. The van der Waals surface area contributed by atoms with Crippen molar-refractivity contribution < 1.29 is 28.7 Å². The summed E-state index contributed by atoms with van der Waals surface area (Å²) in [7, 11) is 0. The Bertz CT molecular complexity index is 1450. The molecular formula is C34H43ClN4O6. The maximum atomic E-state index is 13.8. The minimum atomic E-state index is -0.858. The topological polar surface area (TPSA) is 119 Å². The molecule has 242 valence electrons. The highest BCUT2D eigenvalue weighted by molar-refractivity contribution is 6.30. The number of para-hydroxylation sites is 1. The van der Waals surface area contributed by atoms with E-state index < -0.39 is 30.4 Å². The van der Waals surface area contributed by atoms with Crippen molar-refractivity contribution in [3.63, 3.8) is 0 Å². The summed E-state index contributed by atoms with van der Waals surface area (Å²) in [5.74, 6) is -2.00. The number of aryl methyl sites for hydroxylation is 1. The van der Waals surface area contributed by atoms with Crippen LogP contribution in [0.3, 0.4) is 0 Å². The maximum absolute atomic E-state index is 13.8. The first-order valence-corrected chi connectivity index (χ1v) is 16.1. The molecule has 4 rings (SSSR count). The fourth-order valence-electron chi connectivity index (χ4n) is 5.55. The number of carbonyl (C=O) groups is 4. The van der Waals surface area contributed by atoms with Crippen LogP contribution in [0.1, 0.15) is 51.5 Å². The number of nitrogens with zero attached hydrogens (tertiary/aromatic N) is 2. The number of benzene rings is 2. The summed E-state index contributed by atoms with van der Waals surface area (Å²) in [6, 6.07) is 14.1. The molecule has 3 amide bonds. The number of rotatable bonds is 12. The van der Waals surface area contributed by atoms with E-state index >= 15 is 0 Å². The molecule has 0 fully saturated rings. The molecule has 0 radical (unpaired) electrons. The van der Waals surface area contributed by atoms with E-state index in [1.807, 2.05) is 32.0 Å². The van der Waals surface area contributed by atoms with Crippen LogP contribution in [0.5, 0.6) is 5.75 Å². The predicted molar refractivity (Wildman–Crippen MR) is 173 cm³/mol. The van der Waals surface area contributed by atoms with E-state index in [-0.39, 0.29) is 31.3 Å². The van der Waals surface area contributed by atoms with Gasteiger partial charge in [-0.3, -0.25) is 19.2 Å². The van der Waals surface area contributed by atoms with Gasteiger partial charge in [0.05, 0.1) is 18.9 Å². The van der Waals surface area contributed by atoms with Gasteiger partial charge in [0.15, 0.2) is 6.61 Å². The van der Waals surface area contributed by atoms with Crippen molar-refractivity contribution in [2.45, 2.75) is 65.0 Å². The number of esters is 1. The summed E-state index contributed by atoms with van der Waals surface area (Å²) < 4.78 is 13.3. The number of nitrogens with one attached hydrogen (secondary N) is 2. The van der Waals surface area contributed by atoms with Crippen LogP contribution >= 0.6 is 11.6 Å². The highest BCUT2D eigenvalue weighted by atomic mass is 35.5. The standard InChI is InChI=1S/C34H43ClN4O6/c1-3-38(4-2)31(40)23-45-32(41)21-24(16-19-44-27-14-12-26(35)13-15-27)33(42)37-29-20-25-22-39(30-11-7-6-10-28(25)30)18-9-5-8-17-36-34(29)43/h6-7,10-15,22,24,29H,3-5,8-9,16-21,23H2,1-2H3,(H,36,43)(H,37,42)/t24-,29?/m1/s1. The van der Waals surface area contributed by atoms with Gasteiger partial charge in [-0.25, -0.2) is 0 Å². The van der Waals surface area contributed by atoms with Gasteiger partial charge in [0.25, 0.3) is 5.91 Å². The molecule has 2 bridgehead atoms. The lowest BCUT2D eigenvalue weighted by atomic mass is 9.98. The molecule has 2 atom stereocenters. The van der Waals surface area contributed by atoms with Crippen molar-refractivity contribution >= 4 is 46.2 Å². The summed E-state index contributed by atoms with van der Waals surface area (Å²) in [6.45, 7) is 5.83. The van der Waals surface area contributed by atoms with Gasteiger partial charge in [0.2, 0.25) is 11.8 Å². The Morgan fingerprint density at radius 2 is 1.82 bits per heavy atom. The molecule has 1 aliphatic heterocycles. The number of hydrogen-bond donors (Lipinski definition) is 2. The highest BCUT2D eigenvalue weighted by Gasteiger charge is 2.29. The fraction of sp³-hybridized carbons (Fsp3) is 0.471. The zero-order valence-corrected chi connectivity index (χ0v) is 26.8. The molecular weight excluding hydrogens is 596 g/mol. The molecule has 0 saturated heterocycles. The van der Waals surface area contributed by atoms with E-state index in [2.05, 4.69) is 27.5 Å². The van der Waals surface area contributed by atoms with E-state index in [9.17, 15) is 19.2 Å². The fourth-order valence-corrected chi connectivity index (χ4v) is 5.68. The Balaban J connectivity index is 1.50. The van der Waals surface area contributed by atoms with Crippen molar-refractivity contribution in [2.75, 3.05) is 32.8 Å². The predicted octanol–water partition coefficient (Wildman–Crippen LogP) is 4.51. The third kappa shape index (κ3) is 9.72. The van der Waals surface area contributed by atoms with E-state index in [0.717, 1.165) is 42.3 Å². The molecule has 0 spiro atoms. The second-order valence-electron chi connectivity index (χ2n) is 11.2. The first kappa shape index (κ1) is 33.8. The second-order valence-corrected chi connectivity index (χ2v) is 11.6. The van der Waals surface area contributed by atoms with Crippen molar-refractivity contribution in [3.05, 3.63) is 65.3 Å². The zero-order valence-electron chi connectivity index (χ0n) is 26.1. The molecule has 2 N–H and O–H groups in total. The van der Waals surface area contributed by atoms with Gasteiger partial charge in [-0.1, -0.05) is 29.8 Å². The van der Waals surface area contributed by atoms with Crippen LogP contribution in [-0.2, 0) is 36.9 Å². The van der Waals surface area contributed by atoms with Crippen molar-refractivity contribution in [2.24, 2.45) is 5.92 Å². The van der Waals surface area contributed by atoms with Crippen LogP contribution in [0.2, 0.25) is 5.02 Å². The number of carbonyl (C=O) groups excluding carboxylic acids is 4. The monoisotopic (exact) mass is 638 g/mol. The van der Waals surface area contributed by atoms with E-state index in [4.69, 9.17) is 21.1 Å². The van der Waals surface area contributed by atoms with E-state index in [1.165, 1.54) is 0 Å². The normalized spacial score (nSPS) is 16.1. The molecule has 1 aliphatic rings. The third-order valence-corrected chi connectivity index (χ3v) is 8.36. The lowest BCUT2D eigenvalue weighted by Crippen LogP contribution is -2.50. The number of aromatic nitrogens is 1. The second kappa shape index (κ2) is 16.9. The molecule has 3 aromatic rings. The quantitative estimate of drug-likeness (QED) is 0.282. The van der Waals surface area contributed by atoms with Crippen LogP contribution < -0.4 is 15.4 Å². The lowest BCUT2D eigenvalue weighted by Gasteiger charge is -2.23. The van der Waals surface area contributed by atoms with Gasteiger partial charge >= 0.3 is 5.97 Å². The maximum Gasteiger partial charge on any atom is 0.307 e. The van der Waals surface area contributed by atoms with Crippen LogP contribution in [0.15, 0.2) is 54.7 Å². The minimum absolute atomic E-state index is 0.135. The zero-order chi connectivity index (χ0) is 32.2. The van der Waals surface area contributed by atoms with Gasteiger partial charge < -0.3 is 29.6 Å². The van der Waals surface area contributed by atoms with Gasteiger partial charge in [0.1, 0.15) is 11.8 Å². The number of hydrogen-bond acceptors (Lipinski definition) is 6. The summed E-state index contributed by atoms with van der Waals surface area (Å²) in [6.07, 6.45) is 5.08. The Morgan fingerprint density at radius 3 is 2.58 bits per heavy atom. The Labute approximate surface area is 269 Å². The molecule has 1 unspecified atom stereocenters. The smallest absolute Gasteiger partial charge is 0.307 e. The molecule has 0 aliphatic carbocycles. The van der Waals surface area contributed by atoms with Crippen LogP contribution in [-0.4, -0.2) is 72.0 Å². The summed E-state index contributed by atoms with van der Waals surface area (Å²) in [4.78, 5) is 54.0. The van der Waals surface area contributed by atoms with E-state index in [1.54, 1.807) is 29.2 Å². The van der Waals surface area contributed by atoms with Gasteiger partial charge in [0, 0.05) is 54.7 Å². The number of likely N-dealkylation sites (N-methyl/N-ethyl adjacent to an activating group) is 1. The molecule has 11 heteroatoms. The Kier molecular flexibility index (Phi) is 12.7. The number of ether oxygens (including phenoxy) is 2. The molecule has 2 aromatic carbocycles. The summed E-state index contributed by atoms with van der Waals surface area (Å²) in [5, 5.41) is 7.52. The minimum Gasteiger partial charge on any atom is -0.494 e. The van der Waals surface area contributed by atoms with Crippen LogP contribution in [0.4, 0.5) is 0 Å². The highest BCUT2D eigenvalue weighted by Crippen LogP contribution is 2.24. The first-order chi connectivity index (χ1) is 21.8. The Hall–Kier alpha value is -4.05. The Morgan fingerprint density at radius 1 is 1.07 bits per heavy atom. The van der Waals surface area contributed by atoms with Crippen molar-refractivity contribution in [3.8, 4) is 5.75 Å². The summed E-state index contributed by atoms with van der Waals surface area (Å²) in [5.41, 5.74) is 2.06. The van der Waals surface area contributed by atoms with Crippen molar-refractivity contribution in [1.29, 1.82) is 0 Å². The number of amides is 3. The average molecular weight is 639 g/mol. The summed E-state index contributed by atoms with van der Waals surface area (Å²) >= 11 is 5.97. The van der Waals surface area contributed by atoms with Gasteiger partial charge in [-0.05, 0) is 75.4 Å². The molecule has 10 nitrogen and oxygen atoms in total. The van der Waals surface area contributed by atoms with Gasteiger partial charge in [-0.2, -0.15) is 0 Å². The third-order valence-electron chi connectivity index (χ3n) is 8.11. The van der Waals surface area contributed by atoms with Crippen LogP contribution in [0.25, 0.3) is 10.9 Å². The molecule has 0 saturated carbocycles. The lowest BCUT2D eigenvalue weighted by molar-refractivity contribution is -0.153. The SMILES string of the molecule is CCN(CC)C(=O)COC(=O)C[C@@H](CCOc1ccc(Cl)cc1)C(=O)NC1Cc2cn(c3ccccc23)CCCCCNC1=O. The molecule has 45 heavy (non-hydrogen) atoms. The average Bonchev–Trinajstić information content (AvgIpc) is 3.38. The largest absolute Gasteiger partial charge is 0.494 e. The van der Waals surface area contributed by atoms with Gasteiger partial charge in [-0.15, -0.1) is 0 Å². The number of fused-ring (bicyclic) bond motifs is 5. The van der Waals surface area contributed by atoms with Crippen LogP contribution in [0, 0.1) is 5.92 Å². The van der Waals surface area contributed by atoms with E-state index in [0.29, 0.717) is 36.8 Å². The molecule has 1 aromatic heterocycles. The molecule has 2 heterocycles.